The van der Waals surface area contributed by atoms with Crippen LogP contribution in [0.2, 0.25) is 0 Å². The maximum atomic E-state index is 12.7. The Balaban J connectivity index is 2.31. The highest BCUT2D eigenvalue weighted by Crippen LogP contribution is 2.29. The van der Waals surface area contributed by atoms with Crippen molar-refractivity contribution < 1.29 is 8.42 Å². The van der Waals surface area contributed by atoms with E-state index in [2.05, 4.69) is 31.9 Å². The Kier molecular flexibility index (Phi) is 5.45. The molecule has 0 aromatic heterocycles. The molecule has 1 aromatic rings. The summed E-state index contributed by atoms with van der Waals surface area (Å²) in [6, 6.07) is 5.26. The van der Waals surface area contributed by atoms with Gasteiger partial charge in [0, 0.05) is 22.0 Å². The fourth-order valence-corrected chi connectivity index (χ4v) is 5.25. The number of nitrogens with zero attached hydrogens (tertiary/aromatic N) is 1. The second-order valence-electron chi connectivity index (χ2n) is 4.75. The van der Waals surface area contributed by atoms with Crippen molar-refractivity contribution in [1.29, 1.82) is 0 Å². The molecule has 106 valence electrons. The summed E-state index contributed by atoms with van der Waals surface area (Å²) in [4.78, 5) is 0.349. The van der Waals surface area contributed by atoms with Gasteiger partial charge in [-0.05, 0) is 47.0 Å². The molecule has 0 bridgehead atoms. The Bertz CT molecular complexity index is 538. The van der Waals surface area contributed by atoms with Crippen molar-refractivity contribution in [1.82, 2.24) is 4.31 Å². The zero-order valence-electron chi connectivity index (χ0n) is 10.6. The van der Waals surface area contributed by atoms with Crippen LogP contribution in [0.4, 0.5) is 0 Å². The van der Waals surface area contributed by atoms with Crippen molar-refractivity contribution in [2.45, 2.75) is 37.0 Å². The van der Waals surface area contributed by atoms with Crippen molar-refractivity contribution in [2.75, 3.05) is 13.1 Å². The lowest BCUT2D eigenvalue weighted by atomic mass is 10.1. The first-order chi connectivity index (χ1) is 9.01. The first kappa shape index (κ1) is 15.5. The summed E-state index contributed by atoms with van der Waals surface area (Å²) in [7, 11) is -3.40. The van der Waals surface area contributed by atoms with Crippen molar-refractivity contribution in [3.63, 3.8) is 0 Å². The van der Waals surface area contributed by atoms with Crippen LogP contribution in [0.25, 0.3) is 0 Å². The summed E-state index contributed by atoms with van der Waals surface area (Å²) >= 11 is 6.68. The van der Waals surface area contributed by atoms with E-state index in [1.54, 1.807) is 16.4 Å². The van der Waals surface area contributed by atoms with Crippen LogP contribution in [0.3, 0.4) is 0 Å². The number of benzene rings is 1. The molecule has 0 radical (unpaired) electrons. The van der Waals surface area contributed by atoms with E-state index in [1.165, 1.54) is 6.42 Å². The van der Waals surface area contributed by atoms with E-state index in [4.69, 9.17) is 0 Å². The third kappa shape index (κ3) is 3.80. The number of hydrogen-bond acceptors (Lipinski definition) is 2. The highest BCUT2D eigenvalue weighted by atomic mass is 79.9. The van der Waals surface area contributed by atoms with Gasteiger partial charge < -0.3 is 0 Å². The zero-order chi connectivity index (χ0) is 13.9. The fraction of sp³-hybridized carbons (Fsp3) is 0.538. The van der Waals surface area contributed by atoms with Gasteiger partial charge in [0.05, 0.1) is 4.90 Å². The summed E-state index contributed by atoms with van der Waals surface area (Å²) in [6.45, 7) is 1.25. The van der Waals surface area contributed by atoms with E-state index >= 15 is 0 Å². The van der Waals surface area contributed by atoms with E-state index in [9.17, 15) is 8.42 Å². The minimum Gasteiger partial charge on any atom is -0.207 e. The average molecular weight is 411 g/mol. The summed E-state index contributed by atoms with van der Waals surface area (Å²) in [5.41, 5.74) is 0. The standard InChI is InChI=1S/C13H17Br2NO2S/c14-11-6-7-12(15)13(10-11)19(17,18)16-8-4-2-1-3-5-9-16/h6-7,10H,1-5,8-9H2. The molecular formula is C13H17Br2NO2S. The third-order valence-corrected chi connectivity index (χ3v) is 6.71. The van der Waals surface area contributed by atoms with Gasteiger partial charge in [0.2, 0.25) is 10.0 Å². The largest absolute Gasteiger partial charge is 0.244 e. The monoisotopic (exact) mass is 409 g/mol. The molecule has 0 amide bonds. The number of sulfonamides is 1. The molecule has 3 nitrogen and oxygen atoms in total. The maximum absolute atomic E-state index is 12.7. The topological polar surface area (TPSA) is 37.4 Å². The zero-order valence-corrected chi connectivity index (χ0v) is 14.6. The van der Waals surface area contributed by atoms with Crippen LogP contribution in [-0.4, -0.2) is 25.8 Å². The van der Waals surface area contributed by atoms with Crippen LogP contribution < -0.4 is 0 Å². The van der Waals surface area contributed by atoms with E-state index in [0.29, 0.717) is 22.5 Å². The Morgan fingerprint density at radius 3 is 2.16 bits per heavy atom. The molecule has 1 aromatic carbocycles. The molecule has 1 aliphatic rings. The molecule has 1 fully saturated rings. The van der Waals surface area contributed by atoms with Gasteiger partial charge in [-0.15, -0.1) is 0 Å². The predicted octanol–water partition coefficient (Wildman–Crippen LogP) is 4.17. The molecule has 0 saturated carbocycles. The van der Waals surface area contributed by atoms with Crippen molar-refractivity contribution >= 4 is 41.9 Å². The minimum atomic E-state index is -3.40. The Labute approximate surface area is 131 Å². The molecule has 0 atom stereocenters. The smallest absolute Gasteiger partial charge is 0.207 e. The lowest BCUT2D eigenvalue weighted by molar-refractivity contribution is 0.364. The van der Waals surface area contributed by atoms with Gasteiger partial charge in [0.25, 0.3) is 0 Å². The molecule has 0 N–H and O–H groups in total. The van der Waals surface area contributed by atoms with Gasteiger partial charge in [0.15, 0.2) is 0 Å². The second kappa shape index (κ2) is 6.70. The molecule has 6 heteroatoms. The van der Waals surface area contributed by atoms with Crippen LogP contribution in [0.1, 0.15) is 32.1 Å². The van der Waals surface area contributed by atoms with Gasteiger partial charge in [-0.3, -0.25) is 0 Å². The van der Waals surface area contributed by atoms with Crippen LogP contribution in [0, 0.1) is 0 Å². The quantitative estimate of drug-likeness (QED) is 0.733. The minimum absolute atomic E-state index is 0.349. The first-order valence-corrected chi connectivity index (χ1v) is 9.49. The molecule has 2 rings (SSSR count). The lowest BCUT2D eigenvalue weighted by Gasteiger charge is -2.24. The van der Waals surface area contributed by atoms with Gasteiger partial charge in [-0.25, -0.2) is 8.42 Å². The van der Waals surface area contributed by atoms with E-state index < -0.39 is 10.0 Å². The molecule has 1 heterocycles. The normalized spacial score (nSPS) is 18.8. The van der Waals surface area contributed by atoms with Crippen LogP contribution in [0.5, 0.6) is 0 Å². The van der Waals surface area contributed by atoms with Crippen LogP contribution in [-0.2, 0) is 10.0 Å². The first-order valence-electron chi connectivity index (χ1n) is 6.47. The fourth-order valence-electron chi connectivity index (χ4n) is 2.27. The summed E-state index contributed by atoms with van der Waals surface area (Å²) in [6.07, 6.45) is 5.35. The molecule has 0 unspecified atom stereocenters. The van der Waals surface area contributed by atoms with E-state index in [-0.39, 0.29) is 0 Å². The highest BCUT2D eigenvalue weighted by molar-refractivity contribution is 9.11. The molecule has 0 aliphatic carbocycles. The number of rotatable bonds is 2. The van der Waals surface area contributed by atoms with Crippen molar-refractivity contribution in [3.05, 3.63) is 27.1 Å². The Hall–Kier alpha value is 0.0900. The van der Waals surface area contributed by atoms with Crippen molar-refractivity contribution in [2.24, 2.45) is 0 Å². The predicted molar refractivity (Wildman–Crippen MR) is 83.7 cm³/mol. The maximum Gasteiger partial charge on any atom is 0.244 e. The summed E-state index contributed by atoms with van der Waals surface area (Å²) in [5, 5.41) is 0. The van der Waals surface area contributed by atoms with Crippen molar-refractivity contribution in [3.8, 4) is 0 Å². The molecule has 0 spiro atoms. The highest BCUT2D eigenvalue weighted by Gasteiger charge is 2.26. The Morgan fingerprint density at radius 1 is 0.947 bits per heavy atom. The molecule has 19 heavy (non-hydrogen) atoms. The third-order valence-electron chi connectivity index (χ3n) is 3.33. The average Bonchev–Trinajstić information content (AvgIpc) is 2.31. The Morgan fingerprint density at radius 2 is 1.53 bits per heavy atom. The van der Waals surface area contributed by atoms with Gasteiger partial charge in [0.1, 0.15) is 0 Å². The second-order valence-corrected chi connectivity index (χ2v) is 8.42. The van der Waals surface area contributed by atoms with Crippen LogP contribution >= 0.6 is 31.9 Å². The molecular weight excluding hydrogens is 394 g/mol. The summed E-state index contributed by atoms with van der Waals surface area (Å²) in [5.74, 6) is 0. The van der Waals surface area contributed by atoms with Gasteiger partial charge in [-0.2, -0.15) is 4.31 Å². The van der Waals surface area contributed by atoms with Gasteiger partial charge in [-0.1, -0.05) is 35.2 Å². The van der Waals surface area contributed by atoms with Crippen LogP contribution in [0.15, 0.2) is 32.0 Å². The van der Waals surface area contributed by atoms with E-state index in [0.717, 1.165) is 30.2 Å². The number of halogens is 2. The number of hydrogen-bond donors (Lipinski definition) is 0. The lowest BCUT2D eigenvalue weighted by Crippen LogP contribution is -2.34. The molecule has 1 saturated heterocycles. The summed E-state index contributed by atoms with van der Waals surface area (Å²) < 4.78 is 28.4. The SMILES string of the molecule is O=S(=O)(c1cc(Br)ccc1Br)N1CCCCCCC1. The van der Waals surface area contributed by atoms with E-state index in [1.807, 2.05) is 6.07 Å². The van der Waals surface area contributed by atoms with Gasteiger partial charge >= 0.3 is 0 Å². The molecule has 1 aliphatic heterocycles.